The monoisotopic (exact) mass is 404 g/mol. The first kappa shape index (κ1) is 20.7. The van der Waals surface area contributed by atoms with Gasteiger partial charge in [0, 0.05) is 19.6 Å². The first-order valence-corrected chi connectivity index (χ1v) is 9.86. The van der Waals surface area contributed by atoms with E-state index in [1.165, 1.54) is 18.2 Å². The number of carbonyl (C=O) groups is 1. The van der Waals surface area contributed by atoms with E-state index in [4.69, 9.17) is 0 Å². The average molecular weight is 405 g/mol. The number of amides is 1. The van der Waals surface area contributed by atoms with Gasteiger partial charge in [-0.1, -0.05) is 26.0 Å². The molecule has 1 aromatic heterocycles. The van der Waals surface area contributed by atoms with Gasteiger partial charge in [0.05, 0.1) is 11.9 Å². The van der Waals surface area contributed by atoms with Crippen LogP contribution in [0.3, 0.4) is 0 Å². The first-order chi connectivity index (χ1) is 13.0. The Morgan fingerprint density at radius 3 is 2.43 bits per heavy atom. The lowest BCUT2D eigenvalue weighted by Gasteiger charge is -2.38. The van der Waals surface area contributed by atoms with Crippen molar-refractivity contribution in [3.05, 3.63) is 41.7 Å². The molecule has 1 amide bonds. The van der Waals surface area contributed by atoms with E-state index in [2.05, 4.69) is 36.4 Å². The van der Waals surface area contributed by atoms with Gasteiger partial charge in [0.15, 0.2) is 11.4 Å². The zero-order valence-corrected chi connectivity index (χ0v) is 17.3. The molecule has 2 fully saturated rings. The lowest BCUT2D eigenvalue weighted by atomic mass is 9.78. The van der Waals surface area contributed by atoms with Crippen LogP contribution in [0, 0.1) is 5.41 Å². The van der Waals surface area contributed by atoms with Crippen LogP contribution in [0.5, 0.6) is 5.75 Å². The van der Waals surface area contributed by atoms with Crippen LogP contribution in [0.2, 0.25) is 0 Å². The fraction of sp³-hybridized carbons (Fsp3) is 0.524. The Labute approximate surface area is 172 Å². The van der Waals surface area contributed by atoms with Crippen molar-refractivity contribution in [1.82, 2.24) is 20.0 Å². The number of aromatic hydroxyl groups is 1. The number of nitrogens with zero attached hydrogens (tertiary/aromatic N) is 3. The van der Waals surface area contributed by atoms with Crippen LogP contribution in [0.25, 0.3) is 5.69 Å². The van der Waals surface area contributed by atoms with Crippen molar-refractivity contribution >= 4 is 18.3 Å². The number of benzene rings is 1. The van der Waals surface area contributed by atoms with E-state index in [0.717, 1.165) is 44.7 Å². The molecular formula is C21H29ClN4O2. The van der Waals surface area contributed by atoms with Crippen molar-refractivity contribution < 1.29 is 9.90 Å². The van der Waals surface area contributed by atoms with Gasteiger partial charge in [0.1, 0.15) is 0 Å². The summed E-state index contributed by atoms with van der Waals surface area (Å²) in [6, 6.07) is 8.04. The Hall–Kier alpha value is -2.05. The number of carbonyl (C=O) groups excluding carboxylic acids is 1. The van der Waals surface area contributed by atoms with Gasteiger partial charge in [-0.25, -0.2) is 4.68 Å². The van der Waals surface area contributed by atoms with Gasteiger partial charge in [-0.05, 0) is 54.8 Å². The summed E-state index contributed by atoms with van der Waals surface area (Å²) in [5.41, 5.74) is 2.58. The van der Waals surface area contributed by atoms with Crippen LogP contribution < -0.4 is 5.32 Å². The molecular weight excluding hydrogens is 376 g/mol. The summed E-state index contributed by atoms with van der Waals surface area (Å²) in [6.45, 7) is 7.90. The first-order valence-electron chi connectivity index (χ1n) is 9.86. The van der Waals surface area contributed by atoms with Gasteiger partial charge in [0.2, 0.25) is 0 Å². The van der Waals surface area contributed by atoms with E-state index in [0.29, 0.717) is 11.3 Å². The molecule has 0 saturated carbocycles. The van der Waals surface area contributed by atoms with Crippen LogP contribution in [0.4, 0.5) is 0 Å². The lowest BCUT2D eigenvalue weighted by Crippen LogP contribution is -2.44. The third-order valence-corrected chi connectivity index (χ3v) is 6.17. The summed E-state index contributed by atoms with van der Waals surface area (Å²) >= 11 is 0. The van der Waals surface area contributed by atoms with E-state index in [1.807, 2.05) is 17.0 Å². The topological polar surface area (TPSA) is 70.4 Å². The predicted octanol–water partition coefficient (Wildman–Crippen LogP) is 3.34. The standard InChI is InChI=1S/C21H28N4O2.ClH/c1-15(2)16-3-5-17(6-4-16)25-13-18(26)19(23-25)20(27)24-11-8-21(9-12-24)7-10-22-14-21;/h3-6,13,15,22,26H,7-12,14H2,1-2H3;1H. The average Bonchev–Trinajstić information content (AvgIpc) is 3.29. The summed E-state index contributed by atoms with van der Waals surface area (Å²) in [5, 5.41) is 18.1. The third-order valence-electron chi connectivity index (χ3n) is 6.17. The van der Waals surface area contributed by atoms with Crippen molar-refractivity contribution in [1.29, 1.82) is 0 Å². The highest BCUT2D eigenvalue weighted by Crippen LogP contribution is 2.37. The lowest BCUT2D eigenvalue weighted by molar-refractivity contribution is 0.0598. The molecule has 152 valence electrons. The van der Waals surface area contributed by atoms with Gasteiger partial charge >= 0.3 is 0 Å². The molecule has 1 spiro atoms. The van der Waals surface area contributed by atoms with E-state index in [9.17, 15) is 9.90 Å². The van der Waals surface area contributed by atoms with E-state index < -0.39 is 0 Å². The molecule has 0 bridgehead atoms. The molecule has 2 aromatic rings. The quantitative estimate of drug-likeness (QED) is 0.823. The number of halogens is 1. The molecule has 0 unspecified atom stereocenters. The van der Waals surface area contributed by atoms with Crippen molar-refractivity contribution in [2.75, 3.05) is 26.2 Å². The summed E-state index contributed by atoms with van der Waals surface area (Å²) in [6.07, 6.45) is 4.75. The Morgan fingerprint density at radius 2 is 1.86 bits per heavy atom. The molecule has 0 atom stereocenters. The zero-order chi connectivity index (χ0) is 19.0. The minimum Gasteiger partial charge on any atom is -0.504 e. The number of hydrogen-bond acceptors (Lipinski definition) is 4. The number of nitrogens with one attached hydrogen (secondary N) is 1. The molecule has 7 heteroatoms. The predicted molar refractivity (Wildman–Crippen MR) is 112 cm³/mol. The molecule has 2 saturated heterocycles. The van der Waals surface area contributed by atoms with Gasteiger partial charge in [-0.3, -0.25) is 4.79 Å². The zero-order valence-electron chi connectivity index (χ0n) is 16.5. The van der Waals surface area contributed by atoms with Gasteiger partial charge in [-0.2, -0.15) is 5.10 Å². The number of likely N-dealkylation sites (tertiary alicyclic amines) is 1. The fourth-order valence-corrected chi connectivity index (χ4v) is 4.22. The van der Waals surface area contributed by atoms with Crippen LogP contribution in [-0.2, 0) is 0 Å². The molecule has 4 rings (SSSR count). The summed E-state index contributed by atoms with van der Waals surface area (Å²) in [5.74, 6) is 0.223. The maximum Gasteiger partial charge on any atom is 0.278 e. The van der Waals surface area contributed by atoms with Gasteiger partial charge in [0.25, 0.3) is 5.91 Å². The Morgan fingerprint density at radius 1 is 1.18 bits per heavy atom. The van der Waals surface area contributed by atoms with Crippen LogP contribution in [-0.4, -0.2) is 51.9 Å². The maximum atomic E-state index is 12.9. The Kier molecular flexibility index (Phi) is 6.01. The molecule has 6 nitrogen and oxygen atoms in total. The van der Waals surface area contributed by atoms with E-state index >= 15 is 0 Å². The number of hydrogen-bond donors (Lipinski definition) is 2. The summed E-state index contributed by atoms with van der Waals surface area (Å²) in [4.78, 5) is 14.7. The van der Waals surface area contributed by atoms with Crippen molar-refractivity contribution in [3.8, 4) is 11.4 Å². The number of piperidine rings is 1. The minimum absolute atomic E-state index is 0. The number of rotatable bonds is 3. The largest absolute Gasteiger partial charge is 0.504 e. The van der Waals surface area contributed by atoms with Crippen molar-refractivity contribution in [2.45, 2.75) is 39.0 Å². The molecule has 1 aromatic carbocycles. The van der Waals surface area contributed by atoms with E-state index in [1.54, 1.807) is 4.68 Å². The second-order valence-corrected chi connectivity index (χ2v) is 8.27. The Bertz CT molecular complexity index is 815. The fourth-order valence-electron chi connectivity index (χ4n) is 4.22. The highest BCUT2D eigenvalue weighted by atomic mass is 35.5. The van der Waals surface area contributed by atoms with Gasteiger partial charge in [-0.15, -0.1) is 12.4 Å². The highest BCUT2D eigenvalue weighted by Gasteiger charge is 2.38. The minimum atomic E-state index is -0.175. The molecule has 3 heterocycles. The van der Waals surface area contributed by atoms with Crippen LogP contribution >= 0.6 is 12.4 Å². The van der Waals surface area contributed by atoms with Crippen molar-refractivity contribution in [3.63, 3.8) is 0 Å². The normalized spacial score (nSPS) is 18.5. The summed E-state index contributed by atoms with van der Waals surface area (Å²) < 4.78 is 1.58. The molecule has 2 aliphatic heterocycles. The second-order valence-electron chi connectivity index (χ2n) is 8.27. The molecule has 2 N–H and O–H groups in total. The number of aromatic nitrogens is 2. The molecule has 28 heavy (non-hydrogen) atoms. The molecule has 2 aliphatic rings. The third kappa shape index (κ3) is 3.89. The van der Waals surface area contributed by atoms with Gasteiger partial charge < -0.3 is 15.3 Å². The van der Waals surface area contributed by atoms with Crippen molar-refractivity contribution in [2.24, 2.45) is 5.41 Å². The summed E-state index contributed by atoms with van der Waals surface area (Å²) in [7, 11) is 0. The molecule has 0 radical (unpaired) electrons. The molecule has 0 aliphatic carbocycles. The highest BCUT2D eigenvalue weighted by molar-refractivity contribution is 5.95. The Balaban J connectivity index is 0.00000225. The van der Waals surface area contributed by atoms with Crippen LogP contribution in [0.15, 0.2) is 30.5 Å². The maximum absolute atomic E-state index is 12.9. The van der Waals surface area contributed by atoms with Crippen LogP contribution in [0.1, 0.15) is 55.1 Å². The smallest absolute Gasteiger partial charge is 0.278 e. The van der Waals surface area contributed by atoms with E-state index in [-0.39, 0.29) is 29.8 Å². The second kappa shape index (κ2) is 8.13. The SMILES string of the molecule is CC(C)c1ccc(-n2cc(O)c(C(=O)N3CCC4(CCNC4)CC3)n2)cc1.Cl.